The molecule has 5 heteroatoms. The second-order valence-corrected chi connectivity index (χ2v) is 3.93. The van der Waals surface area contributed by atoms with Crippen LogP contribution in [0.4, 0.5) is 0 Å². The Morgan fingerprint density at radius 2 is 2.06 bits per heavy atom. The van der Waals surface area contributed by atoms with Crippen LogP contribution in [0.15, 0.2) is 24.4 Å². The number of ether oxygens (including phenoxy) is 1. The van der Waals surface area contributed by atoms with Crippen LogP contribution in [0.5, 0.6) is 0 Å². The number of hydrogen-bond donors (Lipinski definition) is 1. The molecule has 0 bridgehead atoms. The number of rotatable bonds is 4. The first-order valence-corrected chi connectivity index (χ1v) is 5.36. The van der Waals surface area contributed by atoms with Crippen LogP contribution in [0.25, 0.3) is 0 Å². The summed E-state index contributed by atoms with van der Waals surface area (Å²) in [7, 11) is 1.30. The first kappa shape index (κ1) is 13.2. The van der Waals surface area contributed by atoms with Gasteiger partial charge in [-0.25, -0.2) is 4.79 Å². The second kappa shape index (κ2) is 5.98. The maximum absolute atomic E-state index is 11.8. The Kier molecular flexibility index (Phi) is 4.63. The first-order valence-electron chi connectivity index (χ1n) is 5.36. The van der Waals surface area contributed by atoms with Crippen molar-refractivity contribution < 1.29 is 14.3 Å². The third-order valence-corrected chi connectivity index (χ3v) is 2.31. The number of carbonyl (C=O) groups is 2. The number of methoxy groups -OCH3 is 1. The van der Waals surface area contributed by atoms with Crippen molar-refractivity contribution in [1.82, 2.24) is 10.3 Å². The standard InChI is InChI=1S/C12H16N2O3/c1-8(2)10(12(16)17-3)14-11(15)9-6-4-5-7-13-9/h4-8,10H,1-3H3,(H,14,15). The highest BCUT2D eigenvalue weighted by Gasteiger charge is 2.25. The van der Waals surface area contributed by atoms with E-state index in [1.165, 1.54) is 13.3 Å². The molecule has 0 aliphatic carbocycles. The topological polar surface area (TPSA) is 68.3 Å². The summed E-state index contributed by atoms with van der Waals surface area (Å²) in [6, 6.07) is 4.36. The van der Waals surface area contributed by atoms with Gasteiger partial charge in [0, 0.05) is 6.20 Å². The van der Waals surface area contributed by atoms with Gasteiger partial charge in [-0.2, -0.15) is 0 Å². The zero-order chi connectivity index (χ0) is 12.8. The van der Waals surface area contributed by atoms with Crippen LogP contribution in [0.3, 0.4) is 0 Å². The molecule has 1 heterocycles. The summed E-state index contributed by atoms with van der Waals surface area (Å²) in [5.41, 5.74) is 0.280. The van der Waals surface area contributed by atoms with Gasteiger partial charge in [0.2, 0.25) is 0 Å². The van der Waals surface area contributed by atoms with Gasteiger partial charge in [0.15, 0.2) is 0 Å². The van der Waals surface area contributed by atoms with Crippen molar-refractivity contribution in [1.29, 1.82) is 0 Å². The molecule has 1 atom stereocenters. The van der Waals surface area contributed by atoms with Gasteiger partial charge in [-0.1, -0.05) is 19.9 Å². The average molecular weight is 236 g/mol. The molecule has 0 aliphatic heterocycles. The van der Waals surface area contributed by atoms with Crippen LogP contribution in [-0.2, 0) is 9.53 Å². The zero-order valence-corrected chi connectivity index (χ0v) is 10.1. The van der Waals surface area contributed by atoms with Crippen LogP contribution in [0.2, 0.25) is 0 Å². The lowest BCUT2D eigenvalue weighted by atomic mass is 10.0. The monoisotopic (exact) mass is 236 g/mol. The fraction of sp³-hybridized carbons (Fsp3) is 0.417. The predicted molar refractivity (Wildman–Crippen MR) is 62.3 cm³/mol. The van der Waals surface area contributed by atoms with Gasteiger partial charge in [-0.3, -0.25) is 9.78 Å². The molecule has 1 rings (SSSR count). The summed E-state index contributed by atoms with van der Waals surface area (Å²) in [6.07, 6.45) is 1.53. The third kappa shape index (κ3) is 3.55. The predicted octanol–water partition coefficient (Wildman–Crippen LogP) is 1.01. The molecule has 17 heavy (non-hydrogen) atoms. The molecule has 1 N–H and O–H groups in total. The number of aromatic nitrogens is 1. The van der Waals surface area contributed by atoms with Crippen molar-refractivity contribution >= 4 is 11.9 Å². The van der Waals surface area contributed by atoms with Crippen LogP contribution in [-0.4, -0.2) is 30.0 Å². The zero-order valence-electron chi connectivity index (χ0n) is 10.1. The van der Waals surface area contributed by atoms with E-state index in [1.54, 1.807) is 18.2 Å². The number of pyridine rings is 1. The van der Waals surface area contributed by atoms with Crippen molar-refractivity contribution in [3.05, 3.63) is 30.1 Å². The highest BCUT2D eigenvalue weighted by Crippen LogP contribution is 2.05. The molecule has 0 aliphatic rings. The van der Waals surface area contributed by atoms with Crippen LogP contribution in [0.1, 0.15) is 24.3 Å². The smallest absolute Gasteiger partial charge is 0.328 e. The van der Waals surface area contributed by atoms with Gasteiger partial charge in [-0.15, -0.1) is 0 Å². The summed E-state index contributed by atoms with van der Waals surface area (Å²) >= 11 is 0. The van der Waals surface area contributed by atoms with E-state index in [9.17, 15) is 9.59 Å². The van der Waals surface area contributed by atoms with Gasteiger partial charge >= 0.3 is 5.97 Å². The fourth-order valence-corrected chi connectivity index (χ4v) is 1.34. The van der Waals surface area contributed by atoms with Gasteiger partial charge in [0.25, 0.3) is 5.91 Å². The molecule has 92 valence electrons. The van der Waals surface area contributed by atoms with Crippen molar-refractivity contribution in [3.8, 4) is 0 Å². The number of carbonyl (C=O) groups excluding carboxylic acids is 2. The molecule has 0 spiro atoms. The number of esters is 1. The summed E-state index contributed by atoms with van der Waals surface area (Å²) in [5.74, 6) is -0.880. The molecule has 0 saturated heterocycles. The Morgan fingerprint density at radius 1 is 1.35 bits per heavy atom. The number of nitrogens with one attached hydrogen (secondary N) is 1. The molecular weight excluding hydrogens is 220 g/mol. The molecule has 1 unspecified atom stereocenters. The molecule has 1 aromatic heterocycles. The van der Waals surface area contributed by atoms with Gasteiger partial charge in [0.1, 0.15) is 11.7 Å². The van der Waals surface area contributed by atoms with Crippen LogP contribution >= 0.6 is 0 Å². The minimum absolute atomic E-state index is 0.0462. The summed E-state index contributed by atoms with van der Waals surface area (Å²) in [5, 5.41) is 2.61. The van der Waals surface area contributed by atoms with Crippen molar-refractivity contribution in [2.45, 2.75) is 19.9 Å². The Bertz CT molecular complexity index is 390. The van der Waals surface area contributed by atoms with E-state index in [0.717, 1.165) is 0 Å². The van der Waals surface area contributed by atoms with E-state index in [-0.39, 0.29) is 17.5 Å². The quantitative estimate of drug-likeness (QED) is 0.792. The minimum atomic E-state index is -0.658. The summed E-state index contributed by atoms with van der Waals surface area (Å²) in [6.45, 7) is 3.67. The van der Waals surface area contributed by atoms with E-state index in [2.05, 4.69) is 15.0 Å². The second-order valence-electron chi connectivity index (χ2n) is 3.93. The van der Waals surface area contributed by atoms with E-state index in [1.807, 2.05) is 13.8 Å². The SMILES string of the molecule is COC(=O)C(NC(=O)c1ccccn1)C(C)C. The average Bonchev–Trinajstić information content (AvgIpc) is 2.35. The lowest BCUT2D eigenvalue weighted by molar-refractivity contribution is -0.144. The molecule has 0 fully saturated rings. The highest BCUT2D eigenvalue weighted by molar-refractivity contribution is 5.95. The number of amides is 1. The highest BCUT2D eigenvalue weighted by atomic mass is 16.5. The largest absolute Gasteiger partial charge is 0.467 e. The van der Waals surface area contributed by atoms with E-state index in [4.69, 9.17) is 0 Å². The molecule has 0 aromatic carbocycles. The fourth-order valence-electron chi connectivity index (χ4n) is 1.34. The van der Waals surface area contributed by atoms with E-state index >= 15 is 0 Å². The van der Waals surface area contributed by atoms with Crippen molar-refractivity contribution in [3.63, 3.8) is 0 Å². The van der Waals surface area contributed by atoms with Crippen molar-refractivity contribution in [2.24, 2.45) is 5.92 Å². The Labute approximate surface area is 100 Å². The molecule has 5 nitrogen and oxygen atoms in total. The maximum Gasteiger partial charge on any atom is 0.328 e. The Hall–Kier alpha value is -1.91. The molecule has 1 aromatic rings. The minimum Gasteiger partial charge on any atom is -0.467 e. The van der Waals surface area contributed by atoms with Gasteiger partial charge in [0.05, 0.1) is 7.11 Å². The molecular formula is C12H16N2O3. The molecule has 0 saturated carbocycles. The molecule has 1 amide bonds. The first-order chi connectivity index (χ1) is 8.06. The van der Waals surface area contributed by atoms with Crippen LogP contribution < -0.4 is 5.32 Å². The Balaban J connectivity index is 2.75. The number of nitrogens with zero attached hydrogens (tertiary/aromatic N) is 1. The van der Waals surface area contributed by atoms with E-state index in [0.29, 0.717) is 0 Å². The normalized spacial score (nSPS) is 12.0. The lowest BCUT2D eigenvalue weighted by Crippen LogP contribution is -2.45. The van der Waals surface area contributed by atoms with Gasteiger partial charge in [-0.05, 0) is 18.1 Å². The van der Waals surface area contributed by atoms with Gasteiger partial charge < -0.3 is 10.1 Å². The third-order valence-electron chi connectivity index (χ3n) is 2.31. The number of hydrogen-bond acceptors (Lipinski definition) is 4. The van der Waals surface area contributed by atoms with Crippen LogP contribution in [0, 0.1) is 5.92 Å². The summed E-state index contributed by atoms with van der Waals surface area (Å²) in [4.78, 5) is 27.2. The molecule has 0 radical (unpaired) electrons. The Morgan fingerprint density at radius 3 is 2.53 bits per heavy atom. The van der Waals surface area contributed by atoms with Crippen molar-refractivity contribution in [2.75, 3.05) is 7.11 Å². The maximum atomic E-state index is 11.8. The van der Waals surface area contributed by atoms with E-state index < -0.39 is 12.0 Å². The lowest BCUT2D eigenvalue weighted by Gasteiger charge is -2.19. The summed E-state index contributed by atoms with van der Waals surface area (Å²) < 4.78 is 4.64.